The number of anilines is 2. The minimum atomic E-state index is 0.531. The summed E-state index contributed by atoms with van der Waals surface area (Å²) in [5.41, 5.74) is 8.78. The van der Waals surface area contributed by atoms with Crippen LogP contribution in [-0.2, 0) is 6.42 Å². The van der Waals surface area contributed by atoms with Crippen LogP contribution < -0.4 is 15.4 Å². The highest BCUT2D eigenvalue weighted by molar-refractivity contribution is 6.32. The summed E-state index contributed by atoms with van der Waals surface area (Å²) in [6.45, 7) is 1.02. The number of nitrogens with two attached hydrogens (primary N) is 1. The third kappa shape index (κ3) is 2.22. The van der Waals surface area contributed by atoms with Crippen LogP contribution in [0.15, 0.2) is 36.4 Å². The molecule has 0 atom stereocenters. The third-order valence-electron chi connectivity index (χ3n) is 3.39. The minimum absolute atomic E-state index is 0.531. The molecule has 98 valence electrons. The van der Waals surface area contributed by atoms with Gasteiger partial charge in [-0.15, -0.1) is 0 Å². The largest absolute Gasteiger partial charge is 0.455 e. The fourth-order valence-electron chi connectivity index (χ4n) is 2.38. The van der Waals surface area contributed by atoms with Gasteiger partial charge in [0, 0.05) is 30.5 Å². The highest BCUT2D eigenvalue weighted by Gasteiger charge is 2.20. The minimum Gasteiger partial charge on any atom is -0.455 e. The number of halogens is 1. The molecular weight excluding hydrogens is 260 g/mol. The van der Waals surface area contributed by atoms with Crippen molar-refractivity contribution in [3.8, 4) is 11.5 Å². The van der Waals surface area contributed by atoms with Crippen LogP contribution in [0.4, 0.5) is 11.4 Å². The van der Waals surface area contributed by atoms with Crippen molar-refractivity contribution < 1.29 is 4.74 Å². The summed E-state index contributed by atoms with van der Waals surface area (Å²) in [5, 5.41) is 0.531. The van der Waals surface area contributed by atoms with Crippen molar-refractivity contribution in [3.63, 3.8) is 0 Å². The number of hydrogen-bond acceptors (Lipinski definition) is 3. The SMILES string of the molecule is CN1CCc2c(Oc3ccc(N)cc3Cl)cccc21. The molecule has 0 unspecified atom stereocenters. The van der Waals surface area contributed by atoms with E-state index in [1.165, 1.54) is 11.3 Å². The quantitative estimate of drug-likeness (QED) is 0.849. The Balaban J connectivity index is 1.96. The second kappa shape index (κ2) is 4.67. The highest BCUT2D eigenvalue weighted by Crippen LogP contribution is 2.38. The predicted octanol–water partition coefficient (Wildman–Crippen LogP) is 3.71. The van der Waals surface area contributed by atoms with Crippen LogP contribution >= 0.6 is 11.6 Å². The Morgan fingerprint density at radius 1 is 1.21 bits per heavy atom. The maximum absolute atomic E-state index is 6.14. The van der Waals surface area contributed by atoms with Gasteiger partial charge in [-0.3, -0.25) is 0 Å². The van der Waals surface area contributed by atoms with Gasteiger partial charge in [-0.25, -0.2) is 0 Å². The van der Waals surface area contributed by atoms with Gasteiger partial charge in [-0.1, -0.05) is 17.7 Å². The van der Waals surface area contributed by atoms with Gasteiger partial charge in [0.05, 0.1) is 5.02 Å². The van der Waals surface area contributed by atoms with Gasteiger partial charge in [-0.05, 0) is 36.8 Å². The zero-order valence-corrected chi connectivity index (χ0v) is 11.4. The summed E-state index contributed by atoms with van der Waals surface area (Å²) in [7, 11) is 2.09. The van der Waals surface area contributed by atoms with Crippen LogP contribution in [0.25, 0.3) is 0 Å². The van der Waals surface area contributed by atoms with E-state index in [0.717, 1.165) is 18.7 Å². The van der Waals surface area contributed by atoms with Crippen LogP contribution in [0.2, 0.25) is 5.02 Å². The van der Waals surface area contributed by atoms with E-state index >= 15 is 0 Å². The maximum Gasteiger partial charge on any atom is 0.146 e. The fourth-order valence-corrected chi connectivity index (χ4v) is 2.60. The molecule has 2 N–H and O–H groups in total. The average molecular weight is 275 g/mol. The van der Waals surface area contributed by atoms with Gasteiger partial charge < -0.3 is 15.4 Å². The Kier molecular flexibility index (Phi) is 2.99. The molecule has 1 heterocycles. The predicted molar refractivity (Wildman–Crippen MR) is 79.4 cm³/mol. The van der Waals surface area contributed by atoms with Crippen LogP contribution in [0.5, 0.6) is 11.5 Å². The first-order chi connectivity index (χ1) is 9.15. The third-order valence-corrected chi connectivity index (χ3v) is 3.69. The van der Waals surface area contributed by atoms with Crippen molar-refractivity contribution in [2.24, 2.45) is 0 Å². The lowest BCUT2D eigenvalue weighted by atomic mass is 10.1. The van der Waals surface area contributed by atoms with E-state index in [1.54, 1.807) is 18.2 Å². The average Bonchev–Trinajstić information content (AvgIpc) is 2.76. The number of hydrogen-bond donors (Lipinski definition) is 1. The summed E-state index contributed by atoms with van der Waals surface area (Å²) < 4.78 is 5.94. The Bertz CT molecular complexity index is 628. The number of fused-ring (bicyclic) bond motifs is 1. The number of likely N-dealkylation sites (N-methyl/N-ethyl adjacent to an activating group) is 1. The molecule has 0 saturated carbocycles. The second-order valence-corrected chi connectivity index (χ2v) is 5.12. The first-order valence-electron chi connectivity index (χ1n) is 6.21. The molecule has 3 nitrogen and oxygen atoms in total. The molecule has 4 heteroatoms. The van der Waals surface area contributed by atoms with Crippen LogP contribution in [-0.4, -0.2) is 13.6 Å². The summed E-state index contributed by atoms with van der Waals surface area (Å²) >= 11 is 6.14. The lowest BCUT2D eigenvalue weighted by Gasteiger charge is -2.14. The van der Waals surface area contributed by atoms with E-state index in [2.05, 4.69) is 18.0 Å². The van der Waals surface area contributed by atoms with Gasteiger partial charge in [-0.2, -0.15) is 0 Å². The van der Waals surface area contributed by atoms with Gasteiger partial charge in [0.25, 0.3) is 0 Å². The molecule has 0 saturated heterocycles. The van der Waals surface area contributed by atoms with Gasteiger partial charge in [0.2, 0.25) is 0 Å². The molecular formula is C15H15ClN2O. The smallest absolute Gasteiger partial charge is 0.146 e. The standard InChI is InChI=1S/C15H15ClN2O/c1-18-8-7-11-13(18)3-2-4-14(11)19-15-6-5-10(17)9-12(15)16/h2-6,9H,7-8,17H2,1H3. The van der Waals surface area contributed by atoms with Crippen LogP contribution in [0, 0.1) is 0 Å². The van der Waals surface area contributed by atoms with Crippen molar-refractivity contribution in [2.45, 2.75) is 6.42 Å². The van der Waals surface area contributed by atoms with E-state index in [0.29, 0.717) is 16.5 Å². The molecule has 0 aromatic heterocycles. The molecule has 2 aromatic carbocycles. The zero-order valence-electron chi connectivity index (χ0n) is 10.7. The molecule has 1 aliphatic heterocycles. The maximum atomic E-state index is 6.14. The Morgan fingerprint density at radius 3 is 2.84 bits per heavy atom. The van der Waals surface area contributed by atoms with Crippen molar-refractivity contribution in [2.75, 3.05) is 24.2 Å². The van der Waals surface area contributed by atoms with E-state index in [4.69, 9.17) is 22.1 Å². The van der Waals surface area contributed by atoms with Crippen molar-refractivity contribution >= 4 is 23.0 Å². The zero-order chi connectivity index (χ0) is 13.4. The van der Waals surface area contributed by atoms with Crippen molar-refractivity contribution in [3.05, 3.63) is 47.0 Å². The molecule has 0 aliphatic carbocycles. The van der Waals surface area contributed by atoms with E-state index in [9.17, 15) is 0 Å². The van der Waals surface area contributed by atoms with Crippen molar-refractivity contribution in [1.29, 1.82) is 0 Å². The lowest BCUT2D eigenvalue weighted by molar-refractivity contribution is 0.478. The molecule has 19 heavy (non-hydrogen) atoms. The highest BCUT2D eigenvalue weighted by atomic mass is 35.5. The summed E-state index contributed by atoms with van der Waals surface area (Å²) in [6, 6.07) is 11.4. The number of nitrogens with zero attached hydrogens (tertiary/aromatic N) is 1. The van der Waals surface area contributed by atoms with Crippen molar-refractivity contribution in [1.82, 2.24) is 0 Å². The topological polar surface area (TPSA) is 38.5 Å². The number of nitrogen functional groups attached to an aromatic ring is 1. The Hall–Kier alpha value is -1.87. The summed E-state index contributed by atoms with van der Waals surface area (Å²) in [6.07, 6.45) is 0.995. The van der Waals surface area contributed by atoms with Crippen LogP contribution in [0.1, 0.15) is 5.56 Å². The number of rotatable bonds is 2. The molecule has 0 amide bonds. The van der Waals surface area contributed by atoms with E-state index in [1.807, 2.05) is 12.1 Å². The molecule has 1 aliphatic rings. The molecule has 0 radical (unpaired) electrons. The molecule has 0 fully saturated rings. The molecule has 0 bridgehead atoms. The van der Waals surface area contributed by atoms with E-state index in [-0.39, 0.29) is 0 Å². The molecule has 2 aromatic rings. The van der Waals surface area contributed by atoms with E-state index < -0.39 is 0 Å². The van der Waals surface area contributed by atoms with Gasteiger partial charge in [0.1, 0.15) is 11.5 Å². The van der Waals surface area contributed by atoms with Gasteiger partial charge in [0.15, 0.2) is 0 Å². The normalized spacial score (nSPS) is 13.5. The Labute approximate surface area is 117 Å². The molecule has 3 rings (SSSR count). The van der Waals surface area contributed by atoms with Crippen LogP contribution in [0.3, 0.4) is 0 Å². The second-order valence-electron chi connectivity index (χ2n) is 4.72. The fraction of sp³-hybridized carbons (Fsp3) is 0.200. The van der Waals surface area contributed by atoms with Gasteiger partial charge >= 0.3 is 0 Å². The Morgan fingerprint density at radius 2 is 2.05 bits per heavy atom. The summed E-state index contributed by atoms with van der Waals surface area (Å²) in [4.78, 5) is 2.23. The number of ether oxygens (including phenoxy) is 1. The number of benzene rings is 2. The first kappa shape index (κ1) is 12.2. The summed E-state index contributed by atoms with van der Waals surface area (Å²) in [5.74, 6) is 1.51. The first-order valence-corrected chi connectivity index (χ1v) is 6.59. The lowest BCUT2D eigenvalue weighted by Crippen LogP contribution is -2.12. The monoisotopic (exact) mass is 274 g/mol. The molecule has 0 spiro atoms.